The van der Waals surface area contributed by atoms with E-state index in [0.717, 1.165) is 5.46 Å². The molecule has 0 N–H and O–H groups in total. The van der Waals surface area contributed by atoms with Gasteiger partial charge in [0.05, 0.1) is 0 Å². The van der Waals surface area contributed by atoms with Gasteiger partial charge < -0.3 is 0 Å². The van der Waals surface area contributed by atoms with Gasteiger partial charge in [0.1, 0.15) is 7.85 Å². The van der Waals surface area contributed by atoms with Crippen molar-refractivity contribution in [1.82, 2.24) is 0 Å². The third-order valence-corrected chi connectivity index (χ3v) is 1.08. The fraction of sp³-hybridized carbons (Fsp3) is 0.143. The molecule has 0 saturated heterocycles. The Bertz CT molecular complexity index is 148. The molecule has 0 spiro atoms. The van der Waals surface area contributed by atoms with Crippen LogP contribution in [0.4, 0.5) is 0 Å². The van der Waals surface area contributed by atoms with Gasteiger partial charge in [0.15, 0.2) is 0 Å². The molecule has 3 radical (unpaired) electrons. The van der Waals surface area contributed by atoms with E-state index < -0.39 is 0 Å². The van der Waals surface area contributed by atoms with Crippen molar-refractivity contribution in [3.63, 3.8) is 0 Å². The summed E-state index contributed by atoms with van der Waals surface area (Å²) in [6.07, 6.45) is 0. The van der Waals surface area contributed by atoms with Crippen molar-refractivity contribution in [2.45, 2.75) is 6.92 Å². The van der Waals surface area contributed by atoms with E-state index in [1.165, 1.54) is 5.56 Å². The van der Waals surface area contributed by atoms with Crippen LogP contribution < -0.4 is 5.46 Å². The largest absolute Gasteiger partial charge is 0.113 e. The average molecular weight is 141 g/mol. The maximum atomic E-state index is 5.43. The van der Waals surface area contributed by atoms with Crippen LogP contribution in [0.25, 0.3) is 0 Å². The van der Waals surface area contributed by atoms with E-state index in [-0.39, 0.29) is 51.4 Å². The third kappa shape index (κ3) is 3.58. The Morgan fingerprint density at radius 3 is 1.89 bits per heavy atom. The molecule has 0 unspecified atom stereocenters. The van der Waals surface area contributed by atoms with Crippen LogP contribution in [-0.4, -0.2) is 59.2 Å². The average Bonchev–Trinajstić information content (AvgIpc) is 1.77. The maximum absolute atomic E-state index is 5.43. The summed E-state index contributed by atoms with van der Waals surface area (Å²) in [5.41, 5.74) is 2.08. The number of hydrogen-bond acceptors (Lipinski definition) is 0. The zero-order valence-corrected chi connectivity index (χ0v) is 9.01. The Morgan fingerprint density at radius 1 is 1.11 bits per heavy atom. The van der Waals surface area contributed by atoms with Crippen molar-refractivity contribution in [2.75, 3.05) is 0 Å². The first-order chi connectivity index (χ1) is 3.79. The van der Waals surface area contributed by atoms with E-state index in [4.69, 9.17) is 7.85 Å². The van der Waals surface area contributed by atoms with Crippen LogP contribution in [0.5, 0.6) is 0 Å². The molecule has 0 fully saturated rings. The second kappa shape index (κ2) is 4.69. The predicted octanol–water partition coefficient (Wildman–Crippen LogP) is 0.408. The Balaban J connectivity index is 0.000000640. The van der Waals surface area contributed by atoms with E-state index >= 15 is 0 Å². The molecular weight excluding hydrogens is 134 g/mol. The molecule has 0 bridgehead atoms. The molecule has 2 heteroatoms. The Hall–Kier alpha value is 0.921. The molecule has 0 nitrogen and oxygen atoms in total. The maximum Gasteiger partial charge on any atom is 0.113 e. The second-order valence-electron chi connectivity index (χ2n) is 1.91. The topological polar surface area (TPSA) is 0 Å². The molecule has 0 aliphatic carbocycles. The van der Waals surface area contributed by atoms with Gasteiger partial charge in [-0.05, 0) is 6.92 Å². The molecule has 1 aromatic rings. The van der Waals surface area contributed by atoms with Gasteiger partial charge in [0.25, 0.3) is 0 Å². The van der Waals surface area contributed by atoms with E-state index in [9.17, 15) is 0 Å². The summed E-state index contributed by atoms with van der Waals surface area (Å²) in [5.74, 6) is 0. The van der Waals surface area contributed by atoms with Crippen molar-refractivity contribution in [3.05, 3.63) is 29.8 Å². The first kappa shape index (κ1) is 9.92. The minimum Gasteiger partial charge on any atom is -0.0967 e. The van der Waals surface area contributed by atoms with Gasteiger partial charge in [0.2, 0.25) is 0 Å². The summed E-state index contributed by atoms with van der Waals surface area (Å²) in [7, 11) is 5.43. The third-order valence-electron chi connectivity index (χ3n) is 1.08. The summed E-state index contributed by atoms with van der Waals surface area (Å²) < 4.78 is 0. The molecule has 0 amide bonds. The minimum atomic E-state index is 0. The van der Waals surface area contributed by atoms with E-state index in [2.05, 4.69) is 0 Å². The number of rotatable bonds is 0. The molecule has 0 atom stereocenters. The molecule has 0 saturated carbocycles. The standard InChI is InChI=1S/C7H7B.K/c1-6-2-4-7(8)5-3-6;/h2-5H,1H3;. The molecule has 39 valence electrons. The van der Waals surface area contributed by atoms with Gasteiger partial charge in [-0.15, -0.1) is 0 Å². The summed E-state index contributed by atoms with van der Waals surface area (Å²) in [4.78, 5) is 0. The monoisotopic (exact) mass is 141 g/mol. The summed E-state index contributed by atoms with van der Waals surface area (Å²) in [6, 6.07) is 7.79. The zero-order chi connectivity index (χ0) is 5.98. The fourth-order valence-corrected chi connectivity index (χ4v) is 0.566. The van der Waals surface area contributed by atoms with Crippen LogP contribution in [0.15, 0.2) is 24.3 Å². The van der Waals surface area contributed by atoms with Crippen molar-refractivity contribution in [3.8, 4) is 0 Å². The van der Waals surface area contributed by atoms with Crippen molar-refractivity contribution in [1.29, 1.82) is 0 Å². The summed E-state index contributed by atoms with van der Waals surface area (Å²) in [6.45, 7) is 2.04. The smallest absolute Gasteiger partial charge is 0.0967 e. The van der Waals surface area contributed by atoms with Gasteiger partial charge in [0, 0.05) is 51.4 Å². The Labute approximate surface area is 99.9 Å². The quantitative estimate of drug-likeness (QED) is 0.459. The van der Waals surface area contributed by atoms with Crippen molar-refractivity contribution >= 4 is 64.7 Å². The molecular formula is C7H7BK. The normalized spacial score (nSPS) is 8.11. The van der Waals surface area contributed by atoms with Gasteiger partial charge in [-0.3, -0.25) is 0 Å². The predicted molar refractivity (Wildman–Crippen MR) is 42.3 cm³/mol. The van der Waals surface area contributed by atoms with Gasteiger partial charge >= 0.3 is 0 Å². The van der Waals surface area contributed by atoms with Gasteiger partial charge in [-0.25, -0.2) is 0 Å². The second-order valence-corrected chi connectivity index (χ2v) is 1.91. The number of aryl methyl sites for hydroxylation is 1. The Morgan fingerprint density at radius 2 is 1.56 bits per heavy atom. The first-order valence-electron chi connectivity index (χ1n) is 2.61. The van der Waals surface area contributed by atoms with Crippen molar-refractivity contribution in [2.24, 2.45) is 0 Å². The van der Waals surface area contributed by atoms with E-state index in [1.807, 2.05) is 31.2 Å². The fourth-order valence-electron chi connectivity index (χ4n) is 0.566. The summed E-state index contributed by atoms with van der Waals surface area (Å²) in [5, 5.41) is 0. The molecule has 0 heterocycles. The van der Waals surface area contributed by atoms with Crippen LogP contribution in [0.2, 0.25) is 0 Å². The molecule has 0 aliphatic heterocycles. The first-order valence-corrected chi connectivity index (χ1v) is 2.61. The van der Waals surface area contributed by atoms with Gasteiger partial charge in [-0.2, -0.15) is 0 Å². The van der Waals surface area contributed by atoms with E-state index in [1.54, 1.807) is 0 Å². The van der Waals surface area contributed by atoms with Gasteiger partial charge in [-0.1, -0.05) is 35.3 Å². The Kier molecular flexibility index (Phi) is 5.17. The van der Waals surface area contributed by atoms with Crippen LogP contribution in [-0.2, 0) is 0 Å². The minimum absolute atomic E-state index is 0. The number of benzene rings is 1. The van der Waals surface area contributed by atoms with Crippen LogP contribution in [0.1, 0.15) is 5.56 Å². The van der Waals surface area contributed by atoms with Crippen LogP contribution in [0.3, 0.4) is 0 Å². The molecule has 1 rings (SSSR count). The zero-order valence-electron chi connectivity index (χ0n) is 5.89. The molecule has 0 aliphatic rings. The molecule has 9 heavy (non-hydrogen) atoms. The molecule has 1 aromatic carbocycles. The van der Waals surface area contributed by atoms with E-state index in [0.29, 0.717) is 0 Å². The van der Waals surface area contributed by atoms with Crippen molar-refractivity contribution < 1.29 is 0 Å². The SMILES string of the molecule is [B]c1ccc(C)cc1.[K]. The van der Waals surface area contributed by atoms with Crippen LogP contribution in [0, 0.1) is 6.92 Å². The summed E-state index contributed by atoms with van der Waals surface area (Å²) >= 11 is 0. The van der Waals surface area contributed by atoms with Crippen LogP contribution >= 0.6 is 0 Å². The number of hydrogen-bond donors (Lipinski definition) is 0. The molecule has 0 aromatic heterocycles.